The second-order valence-corrected chi connectivity index (χ2v) is 6.13. The Hall–Kier alpha value is -3.08. The third-order valence-corrected chi connectivity index (χ3v) is 4.31. The number of benzene rings is 2. The number of aromatic nitrogens is 2. The van der Waals surface area contributed by atoms with Gasteiger partial charge in [-0.1, -0.05) is 30.3 Å². The summed E-state index contributed by atoms with van der Waals surface area (Å²) in [4.78, 5) is 12.9. The minimum atomic E-state index is -0.201. The number of carbonyl (C=O) groups is 1. The summed E-state index contributed by atoms with van der Waals surface area (Å²) in [5.41, 5.74) is 3.02. The first-order valence-electron chi connectivity index (χ1n) is 8.36. The van der Waals surface area contributed by atoms with Crippen molar-refractivity contribution in [2.24, 2.45) is 0 Å². The van der Waals surface area contributed by atoms with Crippen LogP contribution in [0.15, 0.2) is 60.7 Å². The van der Waals surface area contributed by atoms with E-state index in [1.807, 2.05) is 60.7 Å². The average Bonchev–Trinajstić information content (AvgIpc) is 3.41. The zero-order valence-electron chi connectivity index (χ0n) is 14.0. The molecule has 1 aromatic heterocycles. The van der Waals surface area contributed by atoms with Gasteiger partial charge in [0, 0.05) is 5.92 Å². The van der Waals surface area contributed by atoms with Crippen molar-refractivity contribution >= 4 is 11.6 Å². The normalized spacial score (nSPS) is 13.5. The maximum atomic E-state index is 12.9. The molecule has 4 rings (SSSR count). The van der Waals surface area contributed by atoms with Gasteiger partial charge < -0.3 is 10.1 Å². The highest BCUT2D eigenvalue weighted by Gasteiger charge is 2.29. The van der Waals surface area contributed by atoms with Crippen LogP contribution in [0, 0.1) is 0 Å². The van der Waals surface area contributed by atoms with E-state index in [1.54, 1.807) is 11.8 Å². The summed E-state index contributed by atoms with van der Waals surface area (Å²) in [7, 11) is 1.59. The fourth-order valence-electron chi connectivity index (χ4n) is 2.84. The summed E-state index contributed by atoms with van der Waals surface area (Å²) in [5, 5.41) is 7.61. The van der Waals surface area contributed by atoms with Crippen molar-refractivity contribution in [2.45, 2.75) is 18.8 Å². The van der Waals surface area contributed by atoms with Crippen LogP contribution >= 0.6 is 0 Å². The third kappa shape index (κ3) is 3.13. The van der Waals surface area contributed by atoms with Crippen LogP contribution in [0.2, 0.25) is 0 Å². The highest BCUT2D eigenvalue weighted by molar-refractivity contribution is 6.04. The van der Waals surface area contributed by atoms with E-state index in [0.717, 1.165) is 24.2 Å². The number of hydrogen-bond donors (Lipinski definition) is 1. The molecule has 0 saturated heterocycles. The predicted molar refractivity (Wildman–Crippen MR) is 96.5 cm³/mol. The SMILES string of the molecule is COc1ccccc1NC(=O)c1cc(C2CC2)nn1-c1ccccc1. The molecule has 0 spiro atoms. The van der Waals surface area contributed by atoms with Crippen LogP contribution in [0.25, 0.3) is 5.69 Å². The molecule has 0 bridgehead atoms. The Morgan fingerprint density at radius 3 is 2.56 bits per heavy atom. The zero-order valence-corrected chi connectivity index (χ0v) is 14.0. The summed E-state index contributed by atoms with van der Waals surface area (Å²) >= 11 is 0. The number of nitrogens with one attached hydrogen (secondary N) is 1. The first-order valence-corrected chi connectivity index (χ1v) is 8.36. The molecule has 126 valence electrons. The highest BCUT2D eigenvalue weighted by atomic mass is 16.5. The summed E-state index contributed by atoms with van der Waals surface area (Å²) in [5.74, 6) is 0.902. The fourth-order valence-corrected chi connectivity index (χ4v) is 2.84. The molecule has 1 N–H and O–H groups in total. The maximum Gasteiger partial charge on any atom is 0.274 e. The molecule has 0 unspecified atom stereocenters. The van der Waals surface area contributed by atoms with Gasteiger partial charge in [0.2, 0.25) is 0 Å². The van der Waals surface area contributed by atoms with Crippen molar-refractivity contribution in [1.29, 1.82) is 0 Å². The minimum Gasteiger partial charge on any atom is -0.495 e. The highest BCUT2D eigenvalue weighted by Crippen LogP contribution is 2.39. The van der Waals surface area contributed by atoms with Gasteiger partial charge in [0.15, 0.2) is 0 Å². The molecule has 1 heterocycles. The van der Waals surface area contributed by atoms with Crippen LogP contribution in [0.4, 0.5) is 5.69 Å². The number of methoxy groups -OCH3 is 1. The number of amides is 1. The van der Waals surface area contributed by atoms with E-state index < -0.39 is 0 Å². The van der Waals surface area contributed by atoms with Crippen molar-refractivity contribution in [1.82, 2.24) is 9.78 Å². The number of rotatable bonds is 5. The van der Waals surface area contributed by atoms with E-state index in [1.165, 1.54) is 0 Å². The predicted octanol–water partition coefficient (Wildman–Crippen LogP) is 4.01. The Labute approximate surface area is 146 Å². The van der Waals surface area contributed by atoms with Crippen molar-refractivity contribution in [3.63, 3.8) is 0 Å². The van der Waals surface area contributed by atoms with Gasteiger partial charge in [-0.05, 0) is 43.2 Å². The largest absolute Gasteiger partial charge is 0.495 e. The van der Waals surface area contributed by atoms with Gasteiger partial charge in [0.25, 0.3) is 5.91 Å². The molecule has 5 heteroatoms. The Kier molecular flexibility index (Phi) is 3.98. The number of anilines is 1. The molecule has 1 amide bonds. The Morgan fingerprint density at radius 2 is 1.84 bits per heavy atom. The minimum absolute atomic E-state index is 0.201. The molecular formula is C20H19N3O2. The van der Waals surface area contributed by atoms with Gasteiger partial charge in [-0.2, -0.15) is 5.10 Å². The molecule has 0 aliphatic heterocycles. The van der Waals surface area contributed by atoms with Gasteiger partial charge in [-0.25, -0.2) is 4.68 Å². The van der Waals surface area contributed by atoms with Gasteiger partial charge >= 0.3 is 0 Å². The summed E-state index contributed by atoms with van der Waals surface area (Å²) in [6, 6.07) is 19.0. The number of hydrogen-bond acceptors (Lipinski definition) is 3. The Bertz CT molecular complexity index is 898. The number of ether oxygens (including phenoxy) is 1. The number of para-hydroxylation sites is 3. The maximum absolute atomic E-state index is 12.9. The third-order valence-electron chi connectivity index (χ3n) is 4.31. The molecule has 5 nitrogen and oxygen atoms in total. The molecule has 2 aromatic carbocycles. The average molecular weight is 333 g/mol. The first kappa shape index (κ1) is 15.4. The smallest absolute Gasteiger partial charge is 0.274 e. The van der Waals surface area contributed by atoms with Crippen LogP contribution in [-0.4, -0.2) is 22.8 Å². The second-order valence-electron chi connectivity index (χ2n) is 6.13. The van der Waals surface area contributed by atoms with Crippen molar-refractivity contribution in [3.05, 3.63) is 72.1 Å². The molecule has 1 aliphatic carbocycles. The Morgan fingerprint density at radius 1 is 1.12 bits per heavy atom. The summed E-state index contributed by atoms with van der Waals surface area (Å²) < 4.78 is 7.03. The molecule has 0 atom stereocenters. The lowest BCUT2D eigenvalue weighted by molar-refractivity contribution is 0.101. The fraction of sp³-hybridized carbons (Fsp3) is 0.200. The zero-order chi connectivity index (χ0) is 17.2. The number of nitrogens with zero attached hydrogens (tertiary/aromatic N) is 2. The lowest BCUT2D eigenvalue weighted by Gasteiger charge is -2.11. The molecular weight excluding hydrogens is 314 g/mol. The lowest BCUT2D eigenvalue weighted by Crippen LogP contribution is -2.17. The quantitative estimate of drug-likeness (QED) is 0.767. The number of carbonyl (C=O) groups excluding carboxylic acids is 1. The van der Waals surface area contributed by atoms with Crippen molar-refractivity contribution in [3.8, 4) is 11.4 Å². The summed E-state index contributed by atoms with van der Waals surface area (Å²) in [6.45, 7) is 0. The molecule has 3 aromatic rings. The van der Waals surface area contributed by atoms with Gasteiger partial charge in [-0.15, -0.1) is 0 Å². The van der Waals surface area contributed by atoms with E-state index in [4.69, 9.17) is 4.74 Å². The van der Waals surface area contributed by atoms with Gasteiger partial charge in [0.05, 0.1) is 24.2 Å². The van der Waals surface area contributed by atoms with Gasteiger partial charge in [-0.3, -0.25) is 4.79 Å². The molecule has 1 saturated carbocycles. The van der Waals surface area contributed by atoms with E-state index >= 15 is 0 Å². The molecule has 0 radical (unpaired) electrons. The van der Waals surface area contributed by atoms with E-state index in [-0.39, 0.29) is 5.91 Å². The molecule has 1 aliphatic rings. The van der Waals surface area contributed by atoms with E-state index in [2.05, 4.69) is 10.4 Å². The Balaban J connectivity index is 1.70. The lowest BCUT2D eigenvalue weighted by atomic mass is 10.2. The van der Waals surface area contributed by atoms with E-state index in [0.29, 0.717) is 23.0 Å². The second kappa shape index (κ2) is 6.43. The van der Waals surface area contributed by atoms with E-state index in [9.17, 15) is 4.79 Å². The standard InChI is InChI=1S/C20H19N3O2/c1-25-19-10-6-5-9-16(19)21-20(24)18-13-17(14-11-12-14)22-23(18)15-7-3-2-4-8-15/h2-10,13-14H,11-12H2,1H3,(H,21,24). The van der Waals surface area contributed by atoms with Gasteiger partial charge in [0.1, 0.15) is 11.4 Å². The van der Waals surface area contributed by atoms with Crippen molar-refractivity contribution in [2.75, 3.05) is 12.4 Å². The van der Waals surface area contributed by atoms with Crippen molar-refractivity contribution < 1.29 is 9.53 Å². The van der Waals surface area contributed by atoms with Crippen LogP contribution < -0.4 is 10.1 Å². The molecule has 1 fully saturated rings. The van der Waals surface area contributed by atoms with Crippen LogP contribution in [0.3, 0.4) is 0 Å². The molecule has 25 heavy (non-hydrogen) atoms. The van der Waals surface area contributed by atoms with Crippen LogP contribution in [0.5, 0.6) is 5.75 Å². The summed E-state index contributed by atoms with van der Waals surface area (Å²) in [6.07, 6.45) is 2.28. The first-order chi connectivity index (χ1) is 12.3. The topological polar surface area (TPSA) is 56.1 Å². The van der Waals surface area contributed by atoms with Crippen LogP contribution in [0.1, 0.15) is 34.9 Å². The van der Waals surface area contributed by atoms with Crippen LogP contribution in [-0.2, 0) is 0 Å². The monoisotopic (exact) mass is 333 g/mol.